The van der Waals surface area contributed by atoms with E-state index < -0.39 is 0 Å². The number of amides is 1. The molecule has 6 heteroatoms. The Balaban J connectivity index is 1.44. The van der Waals surface area contributed by atoms with Crippen LogP contribution in [0.4, 0.5) is 5.69 Å². The largest absolute Gasteiger partial charge is 0.369 e. The standard InChI is InChI=1S/C19H27Cl2N3O/c20-17-8-7-16(13-18(17)21)24-11-9-23(10-12-24)14-19(25)22-15-5-3-1-2-4-6-15/h7-8,13,15H,1-6,9-12,14H2,(H,22,25). The number of benzene rings is 1. The first-order chi connectivity index (χ1) is 12.1. The lowest BCUT2D eigenvalue weighted by atomic mass is 10.1. The molecule has 0 spiro atoms. The number of nitrogens with zero attached hydrogens (tertiary/aromatic N) is 2. The number of nitrogens with one attached hydrogen (secondary N) is 1. The third-order valence-corrected chi connectivity index (χ3v) is 5.97. The molecule has 1 N–H and O–H groups in total. The molecule has 1 aliphatic carbocycles. The van der Waals surface area contributed by atoms with Crippen LogP contribution in [0.25, 0.3) is 0 Å². The molecule has 0 unspecified atom stereocenters. The Hall–Kier alpha value is -0.970. The maximum atomic E-state index is 12.3. The number of carbonyl (C=O) groups is 1. The number of carbonyl (C=O) groups excluding carboxylic acids is 1. The third kappa shape index (κ3) is 5.50. The monoisotopic (exact) mass is 383 g/mol. The van der Waals surface area contributed by atoms with Crippen molar-refractivity contribution in [2.45, 2.75) is 44.6 Å². The van der Waals surface area contributed by atoms with E-state index in [1.807, 2.05) is 18.2 Å². The number of halogens is 2. The summed E-state index contributed by atoms with van der Waals surface area (Å²) >= 11 is 12.1. The second kappa shape index (κ2) is 9.11. The third-order valence-electron chi connectivity index (χ3n) is 5.23. The van der Waals surface area contributed by atoms with E-state index in [9.17, 15) is 4.79 Å². The zero-order valence-corrected chi connectivity index (χ0v) is 16.2. The first-order valence-electron chi connectivity index (χ1n) is 9.33. The Morgan fingerprint density at radius 3 is 2.32 bits per heavy atom. The predicted octanol–water partition coefficient (Wildman–Crippen LogP) is 3.95. The van der Waals surface area contributed by atoms with Crippen molar-refractivity contribution < 1.29 is 4.79 Å². The van der Waals surface area contributed by atoms with E-state index in [1.54, 1.807) is 0 Å². The molecule has 1 aliphatic heterocycles. The number of anilines is 1. The van der Waals surface area contributed by atoms with Gasteiger partial charge in [0.2, 0.25) is 5.91 Å². The van der Waals surface area contributed by atoms with E-state index in [0.29, 0.717) is 22.6 Å². The van der Waals surface area contributed by atoms with Crippen molar-refractivity contribution in [1.29, 1.82) is 0 Å². The van der Waals surface area contributed by atoms with E-state index in [4.69, 9.17) is 23.2 Å². The van der Waals surface area contributed by atoms with Crippen LogP contribution < -0.4 is 10.2 Å². The molecule has 138 valence electrons. The number of piperazine rings is 1. The lowest BCUT2D eigenvalue weighted by molar-refractivity contribution is -0.123. The van der Waals surface area contributed by atoms with E-state index in [1.165, 1.54) is 25.7 Å². The van der Waals surface area contributed by atoms with Crippen LogP contribution >= 0.6 is 23.2 Å². The van der Waals surface area contributed by atoms with Crippen molar-refractivity contribution in [3.8, 4) is 0 Å². The smallest absolute Gasteiger partial charge is 0.234 e. The van der Waals surface area contributed by atoms with Crippen LogP contribution in [0.15, 0.2) is 18.2 Å². The zero-order valence-electron chi connectivity index (χ0n) is 14.6. The predicted molar refractivity (Wildman–Crippen MR) is 105 cm³/mol. The van der Waals surface area contributed by atoms with Crippen LogP contribution in [-0.4, -0.2) is 49.6 Å². The van der Waals surface area contributed by atoms with Crippen molar-refractivity contribution in [2.24, 2.45) is 0 Å². The number of rotatable bonds is 4. The van der Waals surface area contributed by atoms with Gasteiger partial charge in [-0.25, -0.2) is 0 Å². The van der Waals surface area contributed by atoms with E-state index in [0.717, 1.165) is 44.7 Å². The lowest BCUT2D eigenvalue weighted by Crippen LogP contribution is -2.50. The van der Waals surface area contributed by atoms with Gasteiger partial charge in [-0.05, 0) is 31.0 Å². The normalized spacial score (nSPS) is 20.3. The van der Waals surface area contributed by atoms with Gasteiger partial charge in [-0.15, -0.1) is 0 Å². The Bertz CT molecular complexity index is 580. The minimum absolute atomic E-state index is 0.176. The molecule has 1 heterocycles. The summed E-state index contributed by atoms with van der Waals surface area (Å²) < 4.78 is 0. The fourth-order valence-corrected chi connectivity index (χ4v) is 4.04. The summed E-state index contributed by atoms with van der Waals surface area (Å²) in [4.78, 5) is 16.9. The van der Waals surface area contributed by atoms with Crippen LogP contribution in [0.2, 0.25) is 10.0 Å². The van der Waals surface area contributed by atoms with Gasteiger partial charge in [0.1, 0.15) is 0 Å². The van der Waals surface area contributed by atoms with Crippen molar-refractivity contribution >= 4 is 34.8 Å². The van der Waals surface area contributed by atoms with Crippen LogP contribution in [0.5, 0.6) is 0 Å². The highest BCUT2D eigenvalue weighted by molar-refractivity contribution is 6.42. The Morgan fingerprint density at radius 1 is 1.00 bits per heavy atom. The summed E-state index contributed by atoms with van der Waals surface area (Å²) in [5, 5.41) is 4.41. The fourth-order valence-electron chi connectivity index (χ4n) is 3.75. The minimum Gasteiger partial charge on any atom is -0.369 e. The molecule has 4 nitrogen and oxygen atoms in total. The Labute approximate surface area is 160 Å². The molecule has 1 saturated heterocycles. The molecule has 0 radical (unpaired) electrons. The molecular weight excluding hydrogens is 357 g/mol. The van der Waals surface area contributed by atoms with Crippen LogP contribution in [0.3, 0.4) is 0 Å². The van der Waals surface area contributed by atoms with Crippen molar-refractivity contribution in [3.63, 3.8) is 0 Å². The van der Waals surface area contributed by atoms with Gasteiger partial charge in [0.25, 0.3) is 0 Å². The highest BCUT2D eigenvalue weighted by Crippen LogP contribution is 2.27. The SMILES string of the molecule is O=C(CN1CCN(c2ccc(Cl)c(Cl)c2)CC1)NC1CCCCCC1. The molecule has 1 aromatic carbocycles. The minimum atomic E-state index is 0.176. The molecule has 0 aromatic heterocycles. The highest BCUT2D eigenvalue weighted by Gasteiger charge is 2.21. The van der Waals surface area contributed by atoms with Gasteiger partial charge in [-0.3, -0.25) is 9.69 Å². The average Bonchev–Trinajstić information content (AvgIpc) is 2.86. The van der Waals surface area contributed by atoms with Gasteiger partial charge in [0.05, 0.1) is 16.6 Å². The summed E-state index contributed by atoms with van der Waals surface area (Å²) in [5.74, 6) is 0.176. The van der Waals surface area contributed by atoms with E-state index >= 15 is 0 Å². The second-order valence-electron chi connectivity index (χ2n) is 7.12. The molecule has 0 bridgehead atoms. The Kier molecular flexibility index (Phi) is 6.85. The number of hydrogen-bond donors (Lipinski definition) is 1. The van der Waals surface area contributed by atoms with Gasteiger partial charge in [0.15, 0.2) is 0 Å². The molecule has 2 fully saturated rings. The van der Waals surface area contributed by atoms with Gasteiger partial charge >= 0.3 is 0 Å². The summed E-state index contributed by atoms with van der Waals surface area (Å²) in [6, 6.07) is 6.14. The highest BCUT2D eigenvalue weighted by atomic mass is 35.5. The molecule has 1 saturated carbocycles. The van der Waals surface area contributed by atoms with Crippen molar-refractivity contribution in [1.82, 2.24) is 10.2 Å². The molecular formula is C19H27Cl2N3O. The van der Waals surface area contributed by atoms with Gasteiger partial charge in [-0.2, -0.15) is 0 Å². The summed E-state index contributed by atoms with van der Waals surface area (Å²) in [5.41, 5.74) is 1.09. The molecule has 3 rings (SSSR count). The molecule has 1 aromatic rings. The first kappa shape index (κ1) is 18.8. The van der Waals surface area contributed by atoms with E-state index in [2.05, 4.69) is 15.1 Å². The van der Waals surface area contributed by atoms with Gasteiger partial charge < -0.3 is 10.2 Å². The van der Waals surface area contributed by atoms with Crippen LogP contribution in [-0.2, 0) is 4.79 Å². The molecule has 0 atom stereocenters. The molecule has 1 amide bonds. The quantitative estimate of drug-likeness (QED) is 0.799. The summed E-state index contributed by atoms with van der Waals surface area (Å²) in [6.07, 6.45) is 7.38. The molecule has 25 heavy (non-hydrogen) atoms. The van der Waals surface area contributed by atoms with Gasteiger partial charge in [0, 0.05) is 37.9 Å². The summed E-state index contributed by atoms with van der Waals surface area (Å²) in [7, 11) is 0. The lowest BCUT2D eigenvalue weighted by Gasteiger charge is -2.36. The maximum Gasteiger partial charge on any atom is 0.234 e. The molecule has 2 aliphatic rings. The maximum absolute atomic E-state index is 12.3. The van der Waals surface area contributed by atoms with Crippen molar-refractivity contribution in [2.75, 3.05) is 37.6 Å². The van der Waals surface area contributed by atoms with Gasteiger partial charge in [-0.1, -0.05) is 48.9 Å². The van der Waals surface area contributed by atoms with E-state index in [-0.39, 0.29) is 5.91 Å². The van der Waals surface area contributed by atoms with Crippen LogP contribution in [0.1, 0.15) is 38.5 Å². The van der Waals surface area contributed by atoms with Crippen LogP contribution in [0, 0.1) is 0 Å². The topological polar surface area (TPSA) is 35.6 Å². The average molecular weight is 384 g/mol. The van der Waals surface area contributed by atoms with Crippen molar-refractivity contribution in [3.05, 3.63) is 28.2 Å². The summed E-state index contributed by atoms with van der Waals surface area (Å²) in [6.45, 7) is 4.08. The Morgan fingerprint density at radius 2 is 1.68 bits per heavy atom. The first-order valence-corrected chi connectivity index (χ1v) is 10.1. The fraction of sp³-hybridized carbons (Fsp3) is 0.632. The number of hydrogen-bond acceptors (Lipinski definition) is 3. The zero-order chi connectivity index (χ0) is 17.6. The second-order valence-corrected chi connectivity index (χ2v) is 7.93.